The molecule has 0 aliphatic heterocycles. The van der Waals surface area contributed by atoms with Crippen LogP contribution in [-0.4, -0.2) is 40.9 Å². The largest absolute Gasteiger partial charge is 0.390 e. The smallest absolute Gasteiger partial charge is 0.225 e. The van der Waals surface area contributed by atoms with E-state index in [4.69, 9.17) is 5.73 Å². The number of rotatable bonds is 3. The van der Waals surface area contributed by atoms with Crippen LogP contribution in [0.5, 0.6) is 0 Å². The number of hydrogen-bond donors (Lipinski definition) is 4. The predicted octanol–water partition coefficient (Wildman–Crippen LogP) is 0.367. The van der Waals surface area contributed by atoms with Crippen molar-refractivity contribution in [3.63, 3.8) is 0 Å². The number of nitrogens with one attached hydrogen (secondary N) is 1. The average Bonchev–Trinajstić information content (AvgIpc) is 2.74. The lowest BCUT2D eigenvalue weighted by Crippen LogP contribution is -2.40. The van der Waals surface area contributed by atoms with Gasteiger partial charge in [-0.3, -0.25) is 4.79 Å². The lowest BCUT2D eigenvalue weighted by Gasteiger charge is -2.19. The maximum absolute atomic E-state index is 12.3. The van der Waals surface area contributed by atoms with E-state index in [0.29, 0.717) is 18.9 Å². The van der Waals surface area contributed by atoms with Gasteiger partial charge in [-0.2, -0.15) is 0 Å². The van der Waals surface area contributed by atoms with Gasteiger partial charge >= 0.3 is 0 Å². The highest BCUT2D eigenvalue weighted by atomic mass is 16.3. The summed E-state index contributed by atoms with van der Waals surface area (Å²) in [5.74, 6) is -0.375. The highest BCUT2D eigenvalue weighted by molar-refractivity contribution is 5.79. The Morgan fingerprint density at radius 3 is 2.65 bits per heavy atom. The van der Waals surface area contributed by atoms with Gasteiger partial charge in [0.25, 0.3) is 0 Å². The summed E-state index contributed by atoms with van der Waals surface area (Å²) in [6, 6.07) is 7.99. The Bertz CT molecular complexity index is 563. The number of amides is 1. The maximum Gasteiger partial charge on any atom is 0.225 e. The van der Waals surface area contributed by atoms with Crippen LogP contribution in [0.1, 0.15) is 30.4 Å². The zero-order valence-corrected chi connectivity index (χ0v) is 13.3. The minimum absolute atomic E-state index is 0.193. The molecule has 0 spiro atoms. The summed E-state index contributed by atoms with van der Waals surface area (Å²) in [6.45, 7) is 0.613. The Morgan fingerprint density at radius 1 is 1.22 bits per heavy atom. The van der Waals surface area contributed by atoms with Crippen molar-refractivity contribution in [1.29, 1.82) is 0 Å². The lowest BCUT2D eigenvalue weighted by atomic mass is 9.96. The van der Waals surface area contributed by atoms with Crippen LogP contribution in [-0.2, 0) is 17.6 Å². The Kier molecular flexibility index (Phi) is 4.99. The molecule has 2 aliphatic rings. The zero-order valence-electron chi connectivity index (χ0n) is 13.3. The minimum Gasteiger partial charge on any atom is -0.390 e. The number of benzene rings is 1. The quantitative estimate of drug-likeness (QED) is 0.605. The molecule has 1 fully saturated rings. The van der Waals surface area contributed by atoms with E-state index in [2.05, 4.69) is 29.6 Å². The Labute approximate surface area is 136 Å². The first-order valence-electron chi connectivity index (χ1n) is 8.52. The molecule has 1 aromatic carbocycles. The number of hydrogen-bond acceptors (Lipinski definition) is 4. The van der Waals surface area contributed by atoms with E-state index in [9.17, 15) is 15.0 Å². The van der Waals surface area contributed by atoms with E-state index in [1.54, 1.807) is 0 Å². The summed E-state index contributed by atoms with van der Waals surface area (Å²) in [5.41, 5.74) is 8.52. The molecule has 1 unspecified atom stereocenters. The SMILES string of the molecule is N[C@@H]1C[C@H](C(=O)NCC2CCCc3ccccc3C2)[C@@H](O)[C@H]1O. The molecule has 0 heterocycles. The van der Waals surface area contributed by atoms with Crippen LogP contribution in [0.2, 0.25) is 0 Å². The Balaban J connectivity index is 1.55. The van der Waals surface area contributed by atoms with Crippen molar-refractivity contribution in [2.75, 3.05) is 6.54 Å². The van der Waals surface area contributed by atoms with Gasteiger partial charge in [0.15, 0.2) is 0 Å². The van der Waals surface area contributed by atoms with Crippen molar-refractivity contribution in [2.45, 2.75) is 50.4 Å². The van der Waals surface area contributed by atoms with E-state index in [-0.39, 0.29) is 5.91 Å². The summed E-state index contributed by atoms with van der Waals surface area (Å²) >= 11 is 0. The molecule has 0 saturated heterocycles. The second-order valence-electron chi connectivity index (χ2n) is 6.96. The van der Waals surface area contributed by atoms with E-state index in [1.807, 2.05) is 0 Å². The molecular formula is C18H26N2O3. The average molecular weight is 318 g/mol. The first-order valence-corrected chi connectivity index (χ1v) is 8.52. The number of aryl methyl sites for hydroxylation is 1. The van der Waals surface area contributed by atoms with Gasteiger partial charge in [-0.1, -0.05) is 24.3 Å². The van der Waals surface area contributed by atoms with Crippen molar-refractivity contribution in [3.05, 3.63) is 35.4 Å². The summed E-state index contributed by atoms with van der Waals surface area (Å²) in [6.07, 6.45) is 2.57. The predicted molar refractivity (Wildman–Crippen MR) is 87.7 cm³/mol. The van der Waals surface area contributed by atoms with Gasteiger partial charge < -0.3 is 21.3 Å². The van der Waals surface area contributed by atoms with E-state index in [1.165, 1.54) is 11.1 Å². The van der Waals surface area contributed by atoms with Crippen LogP contribution in [0.3, 0.4) is 0 Å². The second kappa shape index (κ2) is 6.99. The summed E-state index contributed by atoms with van der Waals surface area (Å²) < 4.78 is 0. The molecule has 1 aromatic rings. The van der Waals surface area contributed by atoms with Gasteiger partial charge in [0, 0.05) is 12.6 Å². The van der Waals surface area contributed by atoms with Crippen LogP contribution in [0.4, 0.5) is 0 Å². The van der Waals surface area contributed by atoms with Gasteiger partial charge in [0.1, 0.15) is 0 Å². The maximum atomic E-state index is 12.3. The van der Waals surface area contributed by atoms with Crippen LogP contribution < -0.4 is 11.1 Å². The van der Waals surface area contributed by atoms with Gasteiger partial charge in [-0.15, -0.1) is 0 Å². The Morgan fingerprint density at radius 2 is 1.96 bits per heavy atom. The highest BCUT2D eigenvalue weighted by Crippen LogP contribution is 2.27. The molecule has 23 heavy (non-hydrogen) atoms. The van der Waals surface area contributed by atoms with Gasteiger partial charge in [-0.25, -0.2) is 0 Å². The number of carbonyl (C=O) groups excluding carboxylic acids is 1. The highest BCUT2D eigenvalue weighted by Gasteiger charge is 2.43. The number of carbonyl (C=O) groups is 1. The molecule has 3 rings (SSSR count). The van der Waals surface area contributed by atoms with E-state index in [0.717, 1.165) is 25.7 Å². The monoisotopic (exact) mass is 318 g/mol. The van der Waals surface area contributed by atoms with Crippen molar-refractivity contribution < 1.29 is 15.0 Å². The van der Waals surface area contributed by atoms with E-state index < -0.39 is 24.2 Å². The Hall–Kier alpha value is -1.43. The van der Waals surface area contributed by atoms with Gasteiger partial charge in [0.2, 0.25) is 5.91 Å². The van der Waals surface area contributed by atoms with Crippen molar-refractivity contribution in [3.8, 4) is 0 Å². The molecule has 126 valence electrons. The molecule has 5 nitrogen and oxygen atoms in total. The van der Waals surface area contributed by atoms with Crippen LogP contribution in [0.25, 0.3) is 0 Å². The normalized spacial score (nSPS) is 33.8. The van der Waals surface area contributed by atoms with Crippen molar-refractivity contribution in [1.82, 2.24) is 5.32 Å². The fourth-order valence-electron chi connectivity index (χ4n) is 3.87. The standard InChI is InChI=1S/C18H26N2O3/c19-15-9-14(16(21)17(15)22)18(23)20-10-11-4-3-7-12-5-1-2-6-13(12)8-11/h1-2,5-6,11,14-17,21-22H,3-4,7-10,19H2,(H,20,23)/t11?,14-,15+,16+,17-/m0/s1. The number of nitrogens with two attached hydrogens (primary N) is 1. The third kappa shape index (κ3) is 3.57. The first-order chi connectivity index (χ1) is 11.1. The molecule has 0 radical (unpaired) electrons. The lowest BCUT2D eigenvalue weighted by molar-refractivity contribution is -0.129. The molecule has 0 bridgehead atoms. The summed E-state index contributed by atoms with van der Waals surface area (Å²) in [4.78, 5) is 12.3. The molecule has 1 amide bonds. The molecule has 5 N–H and O–H groups in total. The first kappa shape index (κ1) is 16.4. The third-order valence-corrected chi connectivity index (χ3v) is 5.31. The van der Waals surface area contributed by atoms with E-state index >= 15 is 0 Å². The third-order valence-electron chi connectivity index (χ3n) is 5.31. The molecule has 5 atom stereocenters. The van der Waals surface area contributed by atoms with Crippen LogP contribution >= 0.6 is 0 Å². The van der Waals surface area contributed by atoms with Gasteiger partial charge in [-0.05, 0) is 49.1 Å². The van der Waals surface area contributed by atoms with Crippen LogP contribution in [0, 0.1) is 11.8 Å². The molecular weight excluding hydrogens is 292 g/mol. The minimum atomic E-state index is -1.06. The molecule has 2 aliphatic carbocycles. The number of aliphatic hydroxyl groups is 2. The molecule has 0 aromatic heterocycles. The van der Waals surface area contributed by atoms with Gasteiger partial charge in [0.05, 0.1) is 18.1 Å². The fourth-order valence-corrected chi connectivity index (χ4v) is 3.87. The fraction of sp³-hybridized carbons (Fsp3) is 0.611. The second-order valence-corrected chi connectivity index (χ2v) is 6.96. The zero-order chi connectivity index (χ0) is 16.4. The molecule has 1 saturated carbocycles. The summed E-state index contributed by atoms with van der Waals surface area (Å²) in [7, 11) is 0. The van der Waals surface area contributed by atoms with Crippen molar-refractivity contribution >= 4 is 5.91 Å². The van der Waals surface area contributed by atoms with Crippen LogP contribution in [0.15, 0.2) is 24.3 Å². The molecule has 5 heteroatoms. The number of fused-ring (bicyclic) bond motifs is 1. The van der Waals surface area contributed by atoms with Crippen molar-refractivity contribution in [2.24, 2.45) is 17.6 Å². The topological polar surface area (TPSA) is 95.6 Å². The number of aliphatic hydroxyl groups excluding tert-OH is 2. The summed E-state index contributed by atoms with van der Waals surface area (Å²) in [5, 5.41) is 22.6.